The Balaban J connectivity index is 1.52. The first-order chi connectivity index (χ1) is 16.0. The van der Waals surface area contributed by atoms with Crippen molar-refractivity contribution < 1.29 is 19.1 Å². The first kappa shape index (κ1) is 24.7. The van der Waals surface area contributed by atoms with Crippen molar-refractivity contribution in [1.29, 1.82) is 0 Å². The Bertz CT molecular complexity index is 960. The molecule has 2 amide bonds. The van der Waals surface area contributed by atoms with E-state index < -0.39 is 0 Å². The maximum atomic E-state index is 12.6. The molecule has 2 aromatic rings. The third-order valence-electron chi connectivity index (χ3n) is 5.35. The van der Waals surface area contributed by atoms with E-state index in [0.29, 0.717) is 42.4 Å². The van der Waals surface area contributed by atoms with Crippen molar-refractivity contribution in [3.8, 4) is 5.75 Å². The second kappa shape index (κ2) is 12.9. The smallest absolute Gasteiger partial charge is 0.257 e. The summed E-state index contributed by atoms with van der Waals surface area (Å²) in [5.41, 5.74) is 1.61. The first-order valence-electron chi connectivity index (χ1n) is 11.4. The van der Waals surface area contributed by atoms with Gasteiger partial charge in [0.1, 0.15) is 12.4 Å². The van der Waals surface area contributed by atoms with Crippen molar-refractivity contribution in [1.82, 2.24) is 10.6 Å². The van der Waals surface area contributed by atoms with Crippen molar-refractivity contribution in [2.45, 2.75) is 45.1 Å². The van der Waals surface area contributed by atoms with Crippen LogP contribution in [0.3, 0.4) is 0 Å². The summed E-state index contributed by atoms with van der Waals surface area (Å²) in [6.07, 6.45) is 5.60. The number of rotatable bonds is 9. The number of hydrogen-bond donors (Lipinski definition) is 3. The molecule has 0 atom stereocenters. The quantitative estimate of drug-likeness (QED) is 0.375. The van der Waals surface area contributed by atoms with Gasteiger partial charge in [-0.25, -0.2) is 0 Å². The number of benzene rings is 2. The van der Waals surface area contributed by atoms with Gasteiger partial charge in [0.25, 0.3) is 11.8 Å². The summed E-state index contributed by atoms with van der Waals surface area (Å²) >= 11 is 5.29. The van der Waals surface area contributed by atoms with Gasteiger partial charge in [-0.3, -0.25) is 14.9 Å². The molecule has 0 spiro atoms. The predicted molar refractivity (Wildman–Crippen MR) is 133 cm³/mol. The molecule has 0 saturated heterocycles. The molecule has 2 aromatic carbocycles. The van der Waals surface area contributed by atoms with Gasteiger partial charge in [-0.05, 0) is 68.4 Å². The van der Waals surface area contributed by atoms with Gasteiger partial charge in [0.05, 0.1) is 6.61 Å². The minimum atomic E-state index is -0.353. The van der Waals surface area contributed by atoms with Crippen LogP contribution in [0.15, 0.2) is 48.5 Å². The Labute approximate surface area is 200 Å². The largest absolute Gasteiger partial charge is 0.491 e. The molecule has 1 saturated carbocycles. The van der Waals surface area contributed by atoms with Gasteiger partial charge in [0, 0.05) is 29.5 Å². The zero-order valence-corrected chi connectivity index (χ0v) is 19.7. The van der Waals surface area contributed by atoms with Crippen LogP contribution >= 0.6 is 12.2 Å². The fraction of sp³-hybridized carbons (Fsp3) is 0.400. The number of amides is 2. The Morgan fingerprint density at radius 2 is 1.70 bits per heavy atom. The van der Waals surface area contributed by atoms with E-state index in [2.05, 4.69) is 16.0 Å². The van der Waals surface area contributed by atoms with Crippen LogP contribution in [0, 0.1) is 0 Å². The lowest BCUT2D eigenvalue weighted by Crippen LogP contribution is -2.36. The number of hydrogen-bond acceptors (Lipinski definition) is 5. The molecular formula is C25H31N3O4S. The van der Waals surface area contributed by atoms with Crippen molar-refractivity contribution in [2.75, 3.05) is 25.1 Å². The van der Waals surface area contributed by atoms with Crippen molar-refractivity contribution in [2.24, 2.45) is 0 Å². The lowest BCUT2D eigenvalue weighted by atomic mass is 9.95. The lowest BCUT2D eigenvalue weighted by Gasteiger charge is -2.22. The highest BCUT2D eigenvalue weighted by molar-refractivity contribution is 7.80. The molecule has 0 aliphatic heterocycles. The van der Waals surface area contributed by atoms with Gasteiger partial charge in [-0.15, -0.1) is 0 Å². The number of carbonyl (C=O) groups is 2. The molecule has 0 radical (unpaired) electrons. The summed E-state index contributed by atoms with van der Waals surface area (Å²) in [7, 11) is 0. The van der Waals surface area contributed by atoms with Gasteiger partial charge >= 0.3 is 0 Å². The van der Waals surface area contributed by atoms with E-state index in [4.69, 9.17) is 21.7 Å². The van der Waals surface area contributed by atoms with E-state index in [-0.39, 0.29) is 23.0 Å². The van der Waals surface area contributed by atoms with Crippen LogP contribution in [0.5, 0.6) is 5.75 Å². The Kier molecular flexibility index (Phi) is 9.65. The number of anilines is 1. The molecule has 0 aromatic heterocycles. The molecule has 1 aliphatic carbocycles. The number of nitrogens with one attached hydrogen (secondary N) is 3. The molecular weight excluding hydrogens is 438 g/mol. The molecule has 1 aliphatic rings. The topological polar surface area (TPSA) is 88.7 Å². The number of carbonyl (C=O) groups excluding carboxylic acids is 2. The van der Waals surface area contributed by atoms with Crippen molar-refractivity contribution in [3.05, 3.63) is 59.7 Å². The van der Waals surface area contributed by atoms with E-state index in [1.165, 1.54) is 6.42 Å². The van der Waals surface area contributed by atoms with E-state index in [0.717, 1.165) is 25.7 Å². The SMILES string of the molecule is CCOCCOc1cccc(C(=O)NC(=S)Nc2cccc(C(=O)NC3CCCCC3)c2)c1. The molecule has 7 nitrogen and oxygen atoms in total. The Morgan fingerprint density at radius 3 is 2.45 bits per heavy atom. The van der Waals surface area contributed by atoms with E-state index in [1.54, 1.807) is 48.5 Å². The Morgan fingerprint density at radius 1 is 0.970 bits per heavy atom. The summed E-state index contributed by atoms with van der Waals surface area (Å²) in [5.74, 6) is 0.133. The standard InChI is InChI=1S/C25H31N3O4S/c1-2-31-14-15-32-22-13-7-9-19(17-22)24(30)28-25(33)27-21-12-6-8-18(16-21)23(29)26-20-10-4-3-5-11-20/h6-9,12-13,16-17,20H,2-5,10-11,14-15H2,1H3,(H,26,29)(H2,27,28,30,33). The average Bonchev–Trinajstić information content (AvgIpc) is 2.83. The summed E-state index contributed by atoms with van der Waals surface area (Å²) in [4.78, 5) is 25.2. The summed E-state index contributed by atoms with van der Waals surface area (Å²) in [5, 5.41) is 8.89. The van der Waals surface area contributed by atoms with Gasteiger partial charge in [-0.2, -0.15) is 0 Å². The summed E-state index contributed by atoms with van der Waals surface area (Å²) in [6, 6.07) is 14.2. The van der Waals surface area contributed by atoms with Gasteiger partial charge in [0.2, 0.25) is 0 Å². The van der Waals surface area contributed by atoms with Crippen molar-refractivity contribution in [3.63, 3.8) is 0 Å². The molecule has 3 rings (SSSR count). The summed E-state index contributed by atoms with van der Waals surface area (Å²) in [6.45, 7) is 3.44. The average molecular weight is 470 g/mol. The minimum Gasteiger partial charge on any atom is -0.491 e. The molecule has 1 fully saturated rings. The summed E-state index contributed by atoms with van der Waals surface area (Å²) < 4.78 is 10.8. The molecule has 8 heteroatoms. The van der Waals surface area contributed by atoms with Crippen LogP contribution in [-0.4, -0.2) is 42.8 Å². The van der Waals surface area contributed by atoms with Crippen LogP contribution < -0.4 is 20.7 Å². The highest BCUT2D eigenvalue weighted by Crippen LogP contribution is 2.19. The Hall–Kier alpha value is -2.97. The van der Waals surface area contributed by atoms with E-state index >= 15 is 0 Å². The number of ether oxygens (including phenoxy) is 2. The normalized spacial score (nSPS) is 13.7. The number of thiocarbonyl (C=S) groups is 1. The first-order valence-corrected chi connectivity index (χ1v) is 11.8. The van der Waals surface area contributed by atoms with Crippen LogP contribution in [0.4, 0.5) is 5.69 Å². The van der Waals surface area contributed by atoms with Crippen LogP contribution in [-0.2, 0) is 4.74 Å². The predicted octanol–water partition coefficient (Wildman–Crippen LogP) is 4.29. The van der Waals surface area contributed by atoms with Gasteiger partial charge < -0.3 is 20.1 Å². The monoisotopic (exact) mass is 469 g/mol. The lowest BCUT2D eigenvalue weighted by molar-refractivity contribution is 0.0926. The molecule has 33 heavy (non-hydrogen) atoms. The fourth-order valence-corrected chi connectivity index (χ4v) is 3.89. The van der Waals surface area contributed by atoms with E-state index in [1.807, 2.05) is 6.92 Å². The molecule has 0 unspecified atom stereocenters. The van der Waals surface area contributed by atoms with Gasteiger partial charge in [-0.1, -0.05) is 31.4 Å². The van der Waals surface area contributed by atoms with Crippen LogP contribution in [0.25, 0.3) is 0 Å². The molecule has 0 bridgehead atoms. The molecule has 3 N–H and O–H groups in total. The van der Waals surface area contributed by atoms with Crippen LogP contribution in [0.1, 0.15) is 59.7 Å². The second-order valence-corrected chi connectivity index (χ2v) is 8.28. The van der Waals surface area contributed by atoms with Gasteiger partial charge in [0.15, 0.2) is 5.11 Å². The maximum absolute atomic E-state index is 12.6. The highest BCUT2D eigenvalue weighted by Gasteiger charge is 2.17. The van der Waals surface area contributed by atoms with Crippen LogP contribution in [0.2, 0.25) is 0 Å². The van der Waals surface area contributed by atoms with Crippen molar-refractivity contribution >= 4 is 34.8 Å². The highest BCUT2D eigenvalue weighted by atomic mass is 32.1. The third-order valence-corrected chi connectivity index (χ3v) is 5.55. The third kappa shape index (κ3) is 8.14. The second-order valence-electron chi connectivity index (χ2n) is 7.87. The van der Waals surface area contributed by atoms with E-state index in [9.17, 15) is 9.59 Å². The zero-order valence-electron chi connectivity index (χ0n) is 18.9. The molecule has 0 heterocycles. The molecule has 176 valence electrons. The maximum Gasteiger partial charge on any atom is 0.257 e. The fourth-order valence-electron chi connectivity index (χ4n) is 3.68. The minimum absolute atomic E-state index is 0.0957. The zero-order chi connectivity index (χ0) is 23.5.